The van der Waals surface area contributed by atoms with Gasteiger partial charge in [-0.25, -0.2) is 8.42 Å². The first-order chi connectivity index (χ1) is 15.7. The van der Waals surface area contributed by atoms with Crippen LogP contribution in [0.4, 0.5) is 5.69 Å². The van der Waals surface area contributed by atoms with E-state index in [4.69, 9.17) is 23.2 Å². The van der Waals surface area contributed by atoms with Crippen LogP contribution < -0.4 is 4.31 Å². The summed E-state index contributed by atoms with van der Waals surface area (Å²) in [6.45, 7) is -0.737. The minimum Gasteiger partial charge on any atom is -0.480 e. The molecule has 1 N–H and O–H groups in total. The zero-order valence-corrected chi connectivity index (χ0v) is 20.4. The summed E-state index contributed by atoms with van der Waals surface area (Å²) in [5.74, 6) is -0.679. The molecule has 1 aliphatic rings. The van der Waals surface area contributed by atoms with Gasteiger partial charge in [-0.2, -0.15) is 0 Å². The van der Waals surface area contributed by atoms with Crippen molar-refractivity contribution in [3.63, 3.8) is 0 Å². The second-order valence-corrected chi connectivity index (χ2v) is 11.0. The third-order valence-corrected chi connectivity index (χ3v) is 8.20. The van der Waals surface area contributed by atoms with Gasteiger partial charge in [-0.3, -0.25) is 13.7 Å². The summed E-state index contributed by atoms with van der Waals surface area (Å²) in [7, 11) is -4.12. The molecule has 33 heavy (non-hydrogen) atoms. The van der Waals surface area contributed by atoms with Gasteiger partial charge in [0.1, 0.15) is 16.8 Å². The van der Waals surface area contributed by atoms with E-state index in [2.05, 4.69) is 10.2 Å². The molecular weight excluding hydrogens is 507 g/mol. The van der Waals surface area contributed by atoms with Crippen LogP contribution >= 0.6 is 35.0 Å². The SMILES string of the molecule is CSc1ccc(-n2ccc3cc(N(CC(=O)O)S(=O)(=O)C4C=C(Cl)C=C(Cl)C4)ccc32)nn1. The largest absolute Gasteiger partial charge is 0.480 e. The summed E-state index contributed by atoms with van der Waals surface area (Å²) < 4.78 is 29.5. The number of halogens is 2. The summed E-state index contributed by atoms with van der Waals surface area (Å²) in [6.07, 6.45) is 6.55. The highest BCUT2D eigenvalue weighted by Gasteiger charge is 2.34. The number of anilines is 1. The zero-order chi connectivity index (χ0) is 23.8. The molecule has 1 aliphatic carbocycles. The number of benzene rings is 1. The van der Waals surface area contributed by atoms with Crippen LogP contribution in [0.15, 0.2) is 69.8 Å². The third kappa shape index (κ3) is 4.89. The van der Waals surface area contributed by atoms with Gasteiger partial charge >= 0.3 is 5.97 Å². The lowest BCUT2D eigenvalue weighted by Crippen LogP contribution is -2.41. The number of carboxylic acid groups (broad SMARTS) is 1. The maximum absolute atomic E-state index is 13.4. The predicted octanol–water partition coefficient (Wildman–Crippen LogP) is 4.38. The number of thioether (sulfide) groups is 1. The topological polar surface area (TPSA) is 105 Å². The Balaban J connectivity index is 1.74. The van der Waals surface area contributed by atoms with Crippen LogP contribution in [0.2, 0.25) is 0 Å². The second-order valence-electron chi connectivity index (χ2n) is 7.19. The number of allylic oxidation sites excluding steroid dienone is 3. The van der Waals surface area contributed by atoms with Gasteiger partial charge in [-0.05, 0) is 54.8 Å². The average molecular weight is 525 g/mol. The van der Waals surface area contributed by atoms with Gasteiger partial charge in [0.2, 0.25) is 10.0 Å². The fourth-order valence-electron chi connectivity index (χ4n) is 3.53. The summed E-state index contributed by atoms with van der Waals surface area (Å²) in [5.41, 5.74) is 0.992. The van der Waals surface area contributed by atoms with Crippen molar-refractivity contribution in [2.24, 2.45) is 0 Å². The van der Waals surface area contributed by atoms with Crippen molar-refractivity contribution < 1.29 is 18.3 Å². The molecule has 0 aliphatic heterocycles. The Labute approximate surface area is 204 Å². The summed E-state index contributed by atoms with van der Waals surface area (Å²) in [4.78, 5) is 11.5. The van der Waals surface area contributed by atoms with Crippen LogP contribution in [0.3, 0.4) is 0 Å². The molecule has 0 spiro atoms. The second kappa shape index (κ2) is 9.38. The van der Waals surface area contributed by atoms with Crippen molar-refractivity contribution >= 4 is 67.5 Å². The number of carboxylic acids is 1. The quantitative estimate of drug-likeness (QED) is 0.457. The normalized spacial score (nSPS) is 16.4. The minimum absolute atomic E-state index is 0.0135. The Hall–Kier alpha value is -2.53. The smallest absolute Gasteiger partial charge is 0.324 e. The van der Waals surface area contributed by atoms with E-state index in [1.54, 1.807) is 30.5 Å². The molecule has 2 heterocycles. The molecule has 0 radical (unpaired) electrons. The minimum atomic E-state index is -4.12. The summed E-state index contributed by atoms with van der Waals surface area (Å²) in [5, 5.41) is 18.7. The first-order valence-electron chi connectivity index (χ1n) is 9.65. The Bertz CT molecular complexity index is 1390. The van der Waals surface area contributed by atoms with Crippen LogP contribution in [0.25, 0.3) is 16.7 Å². The van der Waals surface area contributed by atoms with E-state index in [1.807, 2.05) is 23.0 Å². The maximum atomic E-state index is 13.4. The molecule has 2 aromatic heterocycles. The molecule has 0 saturated heterocycles. The lowest BCUT2D eigenvalue weighted by Gasteiger charge is -2.28. The highest BCUT2D eigenvalue weighted by molar-refractivity contribution is 7.98. The first-order valence-corrected chi connectivity index (χ1v) is 13.1. The number of fused-ring (bicyclic) bond motifs is 1. The van der Waals surface area contributed by atoms with Crippen LogP contribution in [-0.4, -0.2) is 52.3 Å². The Morgan fingerprint density at radius 2 is 2.03 bits per heavy atom. The summed E-state index contributed by atoms with van der Waals surface area (Å²) in [6, 6.07) is 10.4. The molecule has 0 fully saturated rings. The highest BCUT2D eigenvalue weighted by Crippen LogP contribution is 2.32. The monoisotopic (exact) mass is 524 g/mol. The van der Waals surface area contributed by atoms with Gasteiger partial charge in [-0.1, -0.05) is 23.2 Å². The van der Waals surface area contributed by atoms with Gasteiger partial charge in [0.05, 0.1) is 11.2 Å². The lowest BCUT2D eigenvalue weighted by atomic mass is 10.2. The molecular formula is C21H18Cl2N4O4S2. The van der Waals surface area contributed by atoms with E-state index < -0.39 is 27.8 Å². The maximum Gasteiger partial charge on any atom is 0.324 e. The van der Waals surface area contributed by atoms with Gasteiger partial charge in [0, 0.05) is 28.1 Å². The fourth-order valence-corrected chi connectivity index (χ4v) is 6.38. The number of aromatic nitrogens is 3. The van der Waals surface area contributed by atoms with Crippen LogP contribution in [0.1, 0.15) is 6.42 Å². The number of sulfonamides is 1. The van der Waals surface area contributed by atoms with E-state index in [9.17, 15) is 18.3 Å². The summed E-state index contributed by atoms with van der Waals surface area (Å²) >= 11 is 13.5. The third-order valence-electron chi connectivity index (χ3n) is 5.05. The lowest BCUT2D eigenvalue weighted by molar-refractivity contribution is -0.135. The molecule has 0 saturated carbocycles. The predicted molar refractivity (Wildman–Crippen MR) is 131 cm³/mol. The molecule has 1 unspecified atom stereocenters. The fraction of sp³-hybridized carbons (Fsp3) is 0.190. The number of hydrogen-bond acceptors (Lipinski definition) is 6. The van der Waals surface area contributed by atoms with E-state index >= 15 is 0 Å². The molecule has 1 aromatic carbocycles. The molecule has 172 valence electrons. The Kier molecular flexibility index (Phi) is 6.71. The highest BCUT2D eigenvalue weighted by atomic mass is 35.5. The zero-order valence-electron chi connectivity index (χ0n) is 17.2. The first kappa shape index (κ1) is 23.6. The Morgan fingerprint density at radius 3 is 2.67 bits per heavy atom. The van der Waals surface area contributed by atoms with Crippen molar-refractivity contribution in [3.05, 3.63) is 64.8 Å². The van der Waals surface area contributed by atoms with E-state index in [-0.39, 0.29) is 22.2 Å². The van der Waals surface area contributed by atoms with Gasteiger partial charge in [-0.15, -0.1) is 22.0 Å². The van der Waals surface area contributed by atoms with Crippen molar-refractivity contribution in [3.8, 4) is 5.82 Å². The molecule has 1 atom stereocenters. The molecule has 0 amide bonds. The van der Waals surface area contributed by atoms with E-state index in [1.165, 1.54) is 23.9 Å². The van der Waals surface area contributed by atoms with E-state index in [0.717, 1.165) is 14.8 Å². The molecule has 0 bridgehead atoms. The average Bonchev–Trinajstić information content (AvgIpc) is 3.20. The van der Waals surface area contributed by atoms with Crippen molar-refractivity contribution in [2.45, 2.75) is 16.7 Å². The molecule has 4 rings (SSSR count). The number of nitrogens with zero attached hydrogens (tertiary/aromatic N) is 4. The van der Waals surface area contributed by atoms with Crippen molar-refractivity contribution in [1.29, 1.82) is 0 Å². The number of carbonyl (C=O) groups is 1. The van der Waals surface area contributed by atoms with E-state index in [0.29, 0.717) is 11.2 Å². The van der Waals surface area contributed by atoms with Gasteiger partial charge < -0.3 is 5.11 Å². The van der Waals surface area contributed by atoms with Crippen LogP contribution in [0, 0.1) is 0 Å². The standard InChI is InChI=1S/C21H18Cl2N4O4S2/c1-32-20-5-4-19(24-25-20)26-7-6-13-8-16(2-3-18(13)26)27(12-21(28)29)33(30,31)17-10-14(22)9-15(23)11-17/h2-10,17H,11-12H2,1H3,(H,28,29). The van der Waals surface area contributed by atoms with Crippen LogP contribution in [0.5, 0.6) is 0 Å². The number of rotatable bonds is 7. The molecule has 3 aromatic rings. The van der Waals surface area contributed by atoms with Crippen molar-refractivity contribution in [1.82, 2.24) is 14.8 Å². The Morgan fingerprint density at radius 1 is 1.24 bits per heavy atom. The van der Waals surface area contributed by atoms with Gasteiger partial charge in [0.25, 0.3) is 0 Å². The van der Waals surface area contributed by atoms with Crippen LogP contribution in [-0.2, 0) is 14.8 Å². The van der Waals surface area contributed by atoms with Gasteiger partial charge in [0.15, 0.2) is 5.82 Å². The molecule has 8 nitrogen and oxygen atoms in total. The number of hydrogen-bond donors (Lipinski definition) is 1. The van der Waals surface area contributed by atoms with Crippen molar-refractivity contribution in [2.75, 3.05) is 17.1 Å². The molecule has 12 heteroatoms. The number of aliphatic carboxylic acids is 1.